The zero-order chi connectivity index (χ0) is 10.3. The van der Waals surface area contributed by atoms with E-state index in [9.17, 15) is 4.79 Å². The van der Waals surface area contributed by atoms with Crippen molar-refractivity contribution in [3.05, 3.63) is 0 Å². The molecular formula is C10H17NO2. The predicted octanol–water partition coefficient (Wildman–Crippen LogP) is 0.677. The third-order valence-corrected chi connectivity index (χ3v) is 2.07. The SMILES string of the molecule is C#CCCC(=O)NC(C)(CC)CO. The molecule has 3 nitrogen and oxygen atoms in total. The van der Waals surface area contributed by atoms with Gasteiger partial charge in [-0.05, 0) is 13.3 Å². The summed E-state index contributed by atoms with van der Waals surface area (Å²) in [4.78, 5) is 11.2. The van der Waals surface area contributed by atoms with Gasteiger partial charge in [-0.3, -0.25) is 4.79 Å². The maximum absolute atomic E-state index is 11.2. The highest BCUT2D eigenvalue weighted by atomic mass is 16.3. The van der Waals surface area contributed by atoms with Gasteiger partial charge in [-0.2, -0.15) is 0 Å². The molecule has 0 aromatic rings. The summed E-state index contributed by atoms with van der Waals surface area (Å²) < 4.78 is 0. The quantitative estimate of drug-likeness (QED) is 0.616. The second-order valence-electron chi connectivity index (χ2n) is 3.32. The van der Waals surface area contributed by atoms with Gasteiger partial charge in [-0.15, -0.1) is 12.3 Å². The molecule has 0 heterocycles. The number of hydrogen-bond donors (Lipinski definition) is 2. The van der Waals surface area contributed by atoms with Crippen LogP contribution in [0.5, 0.6) is 0 Å². The van der Waals surface area contributed by atoms with E-state index >= 15 is 0 Å². The highest BCUT2D eigenvalue weighted by Crippen LogP contribution is 2.07. The number of hydrogen-bond acceptors (Lipinski definition) is 2. The van der Waals surface area contributed by atoms with Crippen LogP contribution in [0.2, 0.25) is 0 Å². The van der Waals surface area contributed by atoms with E-state index in [-0.39, 0.29) is 12.5 Å². The fourth-order valence-electron chi connectivity index (χ4n) is 0.825. The Labute approximate surface area is 79.5 Å². The lowest BCUT2D eigenvalue weighted by atomic mass is 10.00. The number of carbonyl (C=O) groups excluding carboxylic acids is 1. The summed E-state index contributed by atoms with van der Waals surface area (Å²) in [5, 5.41) is 11.7. The van der Waals surface area contributed by atoms with E-state index in [4.69, 9.17) is 11.5 Å². The Morgan fingerprint density at radius 1 is 1.69 bits per heavy atom. The predicted molar refractivity (Wildman–Crippen MR) is 52.0 cm³/mol. The van der Waals surface area contributed by atoms with Crippen molar-refractivity contribution >= 4 is 5.91 Å². The minimum Gasteiger partial charge on any atom is -0.394 e. The molecule has 1 amide bonds. The third kappa shape index (κ3) is 4.54. The molecule has 0 aromatic carbocycles. The molecule has 0 saturated carbocycles. The van der Waals surface area contributed by atoms with Crippen LogP contribution >= 0.6 is 0 Å². The number of amides is 1. The fraction of sp³-hybridized carbons (Fsp3) is 0.700. The van der Waals surface area contributed by atoms with Crippen LogP contribution in [0, 0.1) is 12.3 Å². The molecule has 0 aromatic heterocycles. The van der Waals surface area contributed by atoms with Crippen LogP contribution in [0.3, 0.4) is 0 Å². The molecule has 0 fully saturated rings. The maximum atomic E-state index is 11.2. The molecule has 3 heteroatoms. The second kappa shape index (κ2) is 5.60. The van der Waals surface area contributed by atoms with Gasteiger partial charge >= 0.3 is 0 Å². The summed E-state index contributed by atoms with van der Waals surface area (Å²) in [6, 6.07) is 0. The number of terminal acetylenes is 1. The molecule has 0 aliphatic rings. The first-order chi connectivity index (χ1) is 6.08. The van der Waals surface area contributed by atoms with Crippen LogP contribution in [0.25, 0.3) is 0 Å². The van der Waals surface area contributed by atoms with Gasteiger partial charge in [0.05, 0.1) is 12.1 Å². The minimum atomic E-state index is -0.508. The smallest absolute Gasteiger partial charge is 0.221 e. The molecule has 1 unspecified atom stereocenters. The first-order valence-electron chi connectivity index (χ1n) is 4.43. The molecule has 0 aliphatic carbocycles. The Kier molecular flexibility index (Phi) is 5.17. The molecule has 0 aliphatic heterocycles. The summed E-state index contributed by atoms with van der Waals surface area (Å²) in [5.74, 6) is 2.30. The van der Waals surface area contributed by atoms with E-state index in [2.05, 4.69) is 11.2 Å². The number of rotatable bonds is 5. The lowest BCUT2D eigenvalue weighted by Crippen LogP contribution is -2.48. The van der Waals surface area contributed by atoms with Crippen molar-refractivity contribution in [1.82, 2.24) is 5.32 Å². The van der Waals surface area contributed by atoms with Crippen molar-refractivity contribution in [3.8, 4) is 12.3 Å². The molecule has 0 radical (unpaired) electrons. The zero-order valence-corrected chi connectivity index (χ0v) is 8.26. The molecule has 1 atom stereocenters. The first kappa shape index (κ1) is 12.0. The van der Waals surface area contributed by atoms with Gasteiger partial charge in [0.25, 0.3) is 0 Å². The topological polar surface area (TPSA) is 49.3 Å². The van der Waals surface area contributed by atoms with E-state index in [1.807, 2.05) is 6.92 Å². The summed E-state index contributed by atoms with van der Waals surface area (Å²) >= 11 is 0. The highest BCUT2D eigenvalue weighted by Gasteiger charge is 2.22. The summed E-state index contributed by atoms with van der Waals surface area (Å²) in [5.41, 5.74) is -0.508. The van der Waals surface area contributed by atoms with E-state index in [0.29, 0.717) is 19.3 Å². The molecule has 74 valence electrons. The van der Waals surface area contributed by atoms with Gasteiger partial charge in [0.1, 0.15) is 0 Å². The van der Waals surface area contributed by atoms with Crippen LogP contribution in [0.1, 0.15) is 33.1 Å². The van der Waals surface area contributed by atoms with Crippen molar-refractivity contribution in [2.45, 2.75) is 38.6 Å². The lowest BCUT2D eigenvalue weighted by molar-refractivity contribution is -0.123. The zero-order valence-electron chi connectivity index (χ0n) is 8.26. The Balaban J connectivity index is 3.96. The van der Waals surface area contributed by atoms with Crippen molar-refractivity contribution in [3.63, 3.8) is 0 Å². The monoisotopic (exact) mass is 183 g/mol. The summed E-state index contributed by atoms with van der Waals surface area (Å²) in [6.45, 7) is 3.67. The van der Waals surface area contributed by atoms with Crippen molar-refractivity contribution in [2.75, 3.05) is 6.61 Å². The Morgan fingerprint density at radius 3 is 2.69 bits per heavy atom. The van der Waals surface area contributed by atoms with Crippen LogP contribution in [0.4, 0.5) is 0 Å². The van der Waals surface area contributed by atoms with Crippen LogP contribution in [0.15, 0.2) is 0 Å². The van der Waals surface area contributed by atoms with Crippen molar-refractivity contribution < 1.29 is 9.90 Å². The summed E-state index contributed by atoms with van der Waals surface area (Å²) in [6.07, 6.45) is 6.49. The van der Waals surface area contributed by atoms with E-state index in [0.717, 1.165) is 0 Å². The van der Waals surface area contributed by atoms with Crippen LogP contribution in [-0.4, -0.2) is 23.2 Å². The number of nitrogens with one attached hydrogen (secondary N) is 1. The van der Waals surface area contributed by atoms with Crippen LogP contribution < -0.4 is 5.32 Å². The second-order valence-corrected chi connectivity index (χ2v) is 3.32. The lowest BCUT2D eigenvalue weighted by Gasteiger charge is -2.26. The van der Waals surface area contributed by atoms with Crippen LogP contribution in [-0.2, 0) is 4.79 Å². The molecule has 0 rings (SSSR count). The van der Waals surface area contributed by atoms with Gasteiger partial charge in [-0.25, -0.2) is 0 Å². The number of aliphatic hydroxyl groups excluding tert-OH is 1. The average Bonchev–Trinajstić information content (AvgIpc) is 2.14. The molecule has 13 heavy (non-hydrogen) atoms. The molecule has 0 spiro atoms. The maximum Gasteiger partial charge on any atom is 0.221 e. The standard InChI is InChI=1S/C10H17NO2/c1-4-6-7-9(13)11-10(3,5-2)8-12/h1,12H,5-8H2,2-3H3,(H,11,13). The molecular weight excluding hydrogens is 166 g/mol. The number of carbonyl (C=O) groups is 1. The highest BCUT2D eigenvalue weighted by molar-refractivity contribution is 5.77. The van der Waals surface area contributed by atoms with Gasteiger partial charge in [0.15, 0.2) is 0 Å². The fourth-order valence-corrected chi connectivity index (χ4v) is 0.825. The van der Waals surface area contributed by atoms with E-state index in [1.165, 1.54) is 0 Å². The third-order valence-electron chi connectivity index (χ3n) is 2.07. The van der Waals surface area contributed by atoms with Gasteiger partial charge < -0.3 is 10.4 Å². The Hall–Kier alpha value is -1.01. The van der Waals surface area contributed by atoms with Crippen molar-refractivity contribution in [1.29, 1.82) is 0 Å². The van der Waals surface area contributed by atoms with Gasteiger partial charge in [0, 0.05) is 12.8 Å². The Bertz CT molecular complexity index is 201. The van der Waals surface area contributed by atoms with Gasteiger partial charge in [0.2, 0.25) is 5.91 Å². The minimum absolute atomic E-state index is 0.0503. The average molecular weight is 183 g/mol. The first-order valence-corrected chi connectivity index (χ1v) is 4.43. The molecule has 0 bridgehead atoms. The van der Waals surface area contributed by atoms with Crippen molar-refractivity contribution in [2.24, 2.45) is 0 Å². The van der Waals surface area contributed by atoms with Gasteiger partial charge in [-0.1, -0.05) is 6.92 Å². The molecule has 2 N–H and O–H groups in total. The summed E-state index contributed by atoms with van der Waals surface area (Å²) in [7, 11) is 0. The largest absolute Gasteiger partial charge is 0.394 e. The normalized spacial score (nSPS) is 14.3. The molecule has 0 saturated heterocycles. The number of aliphatic hydroxyl groups is 1. The van der Waals surface area contributed by atoms with E-state index < -0.39 is 5.54 Å². The Morgan fingerprint density at radius 2 is 2.31 bits per heavy atom. The van der Waals surface area contributed by atoms with E-state index in [1.54, 1.807) is 6.92 Å².